The molecule has 0 unspecified atom stereocenters. The van der Waals surface area contributed by atoms with Gasteiger partial charge in [0.05, 0.1) is 11.1 Å². The van der Waals surface area contributed by atoms with E-state index in [1.165, 1.54) is 0 Å². The van der Waals surface area contributed by atoms with E-state index in [1.807, 2.05) is 6.07 Å². The first kappa shape index (κ1) is 16.6. The summed E-state index contributed by atoms with van der Waals surface area (Å²) in [5.41, 5.74) is 0.602. The van der Waals surface area contributed by atoms with Crippen LogP contribution in [0.5, 0.6) is 0 Å². The number of aromatic nitrogens is 2. The molecule has 0 fully saturated rings. The van der Waals surface area contributed by atoms with Crippen molar-refractivity contribution in [1.29, 1.82) is 0 Å². The summed E-state index contributed by atoms with van der Waals surface area (Å²) in [6.45, 7) is 0.172. The van der Waals surface area contributed by atoms with Gasteiger partial charge in [-0.2, -0.15) is 5.10 Å². The monoisotopic (exact) mass is 344 g/mol. The van der Waals surface area contributed by atoms with Crippen LogP contribution in [0.1, 0.15) is 20.8 Å². The summed E-state index contributed by atoms with van der Waals surface area (Å²) in [5, 5.41) is 12.4. The Labute approximate surface area is 141 Å². The van der Waals surface area contributed by atoms with E-state index >= 15 is 0 Å². The summed E-state index contributed by atoms with van der Waals surface area (Å²) in [4.78, 5) is 23.9. The number of nitrogens with one attached hydrogen (secondary N) is 3. The minimum atomic E-state index is -0.814. The number of carbonyl (C=O) groups excluding carboxylic acids is 2. The fourth-order valence-electron chi connectivity index (χ4n) is 2.34. The summed E-state index contributed by atoms with van der Waals surface area (Å²) >= 11 is 0. The number of aromatic amines is 1. The Balaban J connectivity index is 1.54. The summed E-state index contributed by atoms with van der Waals surface area (Å²) in [7, 11) is 0. The van der Waals surface area contributed by atoms with Crippen molar-refractivity contribution in [3.63, 3.8) is 0 Å². The van der Waals surface area contributed by atoms with Crippen LogP contribution in [0.3, 0.4) is 0 Å². The van der Waals surface area contributed by atoms with E-state index in [9.17, 15) is 18.4 Å². The van der Waals surface area contributed by atoms with Gasteiger partial charge in [-0.1, -0.05) is 18.2 Å². The van der Waals surface area contributed by atoms with Gasteiger partial charge in [-0.15, -0.1) is 0 Å². The first-order chi connectivity index (χ1) is 12.1. The smallest absolute Gasteiger partial charge is 0.272 e. The van der Waals surface area contributed by atoms with E-state index in [1.54, 1.807) is 18.2 Å². The third-order valence-electron chi connectivity index (χ3n) is 3.55. The highest BCUT2D eigenvalue weighted by atomic mass is 19.1. The molecule has 128 valence electrons. The first-order valence-corrected chi connectivity index (χ1v) is 7.51. The zero-order valence-corrected chi connectivity index (χ0v) is 13.0. The van der Waals surface area contributed by atoms with Gasteiger partial charge < -0.3 is 10.6 Å². The van der Waals surface area contributed by atoms with Crippen LogP contribution >= 0.6 is 0 Å². The minimum Gasteiger partial charge on any atom is -0.350 e. The third kappa shape index (κ3) is 3.63. The highest BCUT2D eigenvalue weighted by Crippen LogP contribution is 2.14. The first-order valence-electron chi connectivity index (χ1n) is 7.51. The maximum atomic E-state index is 13.5. The lowest BCUT2D eigenvalue weighted by Gasteiger charge is -2.07. The lowest BCUT2D eigenvalue weighted by atomic mass is 10.2. The molecule has 2 aromatic carbocycles. The topological polar surface area (TPSA) is 86.9 Å². The summed E-state index contributed by atoms with van der Waals surface area (Å²) in [6, 6.07) is 9.81. The lowest BCUT2D eigenvalue weighted by Crippen LogP contribution is -2.35. The fourth-order valence-corrected chi connectivity index (χ4v) is 2.34. The molecule has 3 aromatic rings. The molecule has 0 saturated carbocycles. The predicted octanol–water partition coefficient (Wildman–Crippen LogP) is 2.00. The quantitative estimate of drug-likeness (QED) is 0.619. The zero-order valence-electron chi connectivity index (χ0n) is 13.0. The van der Waals surface area contributed by atoms with Gasteiger partial charge in [0.1, 0.15) is 11.6 Å². The van der Waals surface area contributed by atoms with E-state index in [0.717, 1.165) is 23.7 Å². The molecule has 1 aromatic heterocycles. The van der Waals surface area contributed by atoms with E-state index < -0.39 is 23.4 Å². The van der Waals surface area contributed by atoms with E-state index in [2.05, 4.69) is 20.8 Å². The van der Waals surface area contributed by atoms with Crippen LogP contribution in [0, 0.1) is 11.6 Å². The zero-order chi connectivity index (χ0) is 17.8. The van der Waals surface area contributed by atoms with Crippen molar-refractivity contribution in [3.8, 4) is 0 Å². The van der Waals surface area contributed by atoms with Gasteiger partial charge in [0, 0.05) is 18.5 Å². The number of hydrogen-bond donors (Lipinski definition) is 3. The van der Waals surface area contributed by atoms with Crippen LogP contribution in [0.25, 0.3) is 10.9 Å². The molecule has 3 N–H and O–H groups in total. The van der Waals surface area contributed by atoms with E-state index in [0.29, 0.717) is 5.39 Å². The number of amides is 2. The molecule has 0 radical (unpaired) electrons. The molecule has 8 heteroatoms. The average Bonchev–Trinajstić information content (AvgIpc) is 3.04. The highest BCUT2D eigenvalue weighted by molar-refractivity contribution is 6.04. The number of nitrogens with zero attached hydrogens (tertiary/aromatic N) is 1. The molecule has 0 aliphatic rings. The standard InChI is InChI=1S/C17H14F2N4O2/c18-10-5-6-13(19)12(9-10)16(24)20-7-8-21-17(25)15-11-3-1-2-4-14(11)22-23-15/h1-6,9H,7-8H2,(H,20,24)(H,21,25)(H,22,23). The van der Waals surface area contributed by atoms with Crippen LogP contribution in [-0.4, -0.2) is 35.1 Å². The molecule has 2 amide bonds. The Hall–Kier alpha value is -3.29. The number of halogens is 2. The van der Waals surface area contributed by atoms with Crippen molar-refractivity contribution in [2.24, 2.45) is 0 Å². The van der Waals surface area contributed by atoms with E-state index in [4.69, 9.17) is 0 Å². The molecule has 1 heterocycles. The Bertz CT molecular complexity index is 939. The number of rotatable bonds is 5. The maximum Gasteiger partial charge on any atom is 0.272 e. The van der Waals surface area contributed by atoms with Crippen molar-refractivity contribution < 1.29 is 18.4 Å². The number of fused-ring (bicyclic) bond motifs is 1. The third-order valence-corrected chi connectivity index (χ3v) is 3.55. The molecule has 0 spiro atoms. The Morgan fingerprint density at radius 2 is 1.72 bits per heavy atom. The second kappa shape index (κ2) is 7.08. The molecule has 3 rings (SSSR count). The van der Waals surface area contributed by atoms with Crippen LogP contribution in [0.15, 0.2) is 42.5 Å². The fraction of sp³-hybridized carbons (Fsp3) is 0.118. The average molecular weight is 344 g/mol. The maximum absolute atomic E-state index is 13.5. The highest BCUT2D eigenvalue weighted by Gasteiger charge is 2.14. The van der Waals surface area contributed by atoms with Crippen LogP contribution in [0.4, 0.5) is 8.78 Å². The van der Waals surface area contributed by atoms with Crippen molar-refractivity contribution in [2.75, 3.05) is 13.1 Å². The number of H-pyrrole nitrogens is 1. The second-order valence-corrected chi connectivity index (χ2v) is 5.25. The Kier molecular flexibility index (Phi) is 4.69. The molecule has 0 aliphatic carbocycles. The van der Waals surface area contributed by atoms with Gasteiger partial charge in [0.2, 0.25) is 0 Å². The Morgan fingerprint density at radius 3 is 2.52 bits per heavy atom. The van der Waals surface area contributed by atoms with E-state index in [-0.39, 0.29) is 24.3 Å². The van der Waals surface area contributed by atoms with Crippen LogP contribution in [-0.2, 0) is 0 Å². The SMILES string of the molecule is O=C(NCCNC(=O)c1n[nH]c2ccccc12)c1cc(F)ccc1F. The number of carbonyl (C=O) groups is 2. The number of hydrogen-bond acceptors (Lipinski definition) is 3. The molecule has 0 atom stereocenters. The summed E-state index contributed by atoms with van der Waals surface area (Å²) in [6.07, 6.45) is 0. The molecule has 0 bridgehead atoms. The number of para-hydroxylation sites is 1. The van der Waals surface area contributed by atoms with Crippen LogP contribution in [0.2, 0.25) is 0 Å². The van der Waals surface area contributed by atoms with Gasteiger partial charge in [-0.3, -0.25) is 14.7 Å². The Morgan fingerprint density at radius 1 is 1.00 bits per heavy atom. The van der Waals surface area contributed by atoms with Crippen molar-refractivity contribution in [1.82, 2.24) is 20.8 Å². The van der Waals surface area contributed by atoms with Crippen molar-refractivity contribution in [3.05, 3.63) is 65.4 Å². The summed E-state index contributed by atoms with van der Waals surface area (Å²) < 4.78 is 26.6. The largest absolute Gasteiger partial charge is 0.350 e. The van der Waals surface area contributed by atoms with Gasteiger partial charge >= 0.3 is 0 Å². The molecule has 0 saturated heterocycles. The number of benzene rings is 2. The lowest BCUT2D eigenvalue weighted by molar-refractivity contribution is 0.0923. The normalized spacial score (nSPS) is 10.6. The van der Waals surface area contributed by atoms with Gasteiger partial charge in [0.15, 0.2) is 5.69 Å². The summed E-state index contributed by atoms with van der Waals surface area (Å²) in [5.74, 6) is -2.67. The molecular weight excluding hydrogens is 330 g/mol. The molecule has 6 nitrogen and oxygen atoms in total. The molecule has 25 heavy (non-hydrogen) atoms. The van der Waals surface area contributed by atoms with Crippen molar-refractivity contribution in [2.45, 2.75) is 0 Å². The van der Waals surface area contributed by atoms with Crippen LogP contribution < -0.4 is 10.6 Å². The predicted molar refractivity (Wildman–Crippen MR) is 87.1 cm³/mol. The molecule has 0 aliphatic heterocycles. The van der Waals surface area contributed by atoms with Gasteiger partial charge in [-0.25, -0.2) is 8.78 Å². The van der Waals surface area contributed by atoms with Gasteiger partial charge in [-0.05, 0) is 24.3 Å². The second-order valence-electron chi connectivity index (χ2n) is 5.25. The minimum absolute atomic E-state index is 0.0584. The molecular formula is C17H14F2N4O2. The van der Waals surface area contributed by atoms with Gasteiger partial charge in [0.25, 0.3) is 11.8 Å². The van der Waals surface area contributed by atoms with Crippen molar-refractivity contribution >= 4 is 22.7 Å².